The molecule has 1 aromatic heterocycles. The molecule has 2 N–H and O–H groups in total. The van der Waals surface area contributed by atoms with E-state index in [0.717, 1.165) is 11.3 Å². The number of aryl methyl sites for hydroxylation is 2. The molecule has 0 spiro atoms. The van der Waals surface area contributed by atoms with Gasteiger partial charge in [0.15, 0.2) is 10.2 Å². The fourth-order valence-electron chi connectivity index (χ4n) is 2.19. The number of amides is 1. The van der Waals surface area contributed by atoms with Crippen LogP contribution < -0.4 is 15.6 Å². The second kappa shape index (κ2) is 10.1. The van der Waals surface area contributed by atoms with Crippen molar-refractivity contribution in [3.63, 3.8) is 0 Å². The second-order valence-corrected chi connectivity index (χ2v) is 7.04. The number of rotatable bonds is 7. The zero-order valence-corrected chi connectivity index (χ0v) is 17.4. The van der Waals surface area contributed by atoms with Gasteiger partial charge in [0, 0.05) is 26.0 Å². The number of anilines is 2. The minimum Gasteiger partial charge on any atom is -0.383 e. The Bertz CT molecular complexity index is 835. The lowest BCUT2D eigenvalue weighted by Gasteiger charge is -2.19. The Morgan fingerprint density at radius 1 is 1.41 bits per heavy atom. The van der Waals surface area contributed by atoms with E-state index in [4.69, 9.17) is 17.0 Å². The number of nitrogens with zero attached hydrogens (tertiary/aromatic N) is 3. The predicted molar refractivity (Wildman–Crippen MR) is 114 cm³/mol. The normalized spacial score (nSPS) is 10.8. The highest BCUT2D eigenvalue weighted by Crippen LogP contribution is 2.29. The molecule has 1 amide bonds. The monoisotopic (exact) mass is 405 g/mol. The summed E-state index contributed by atoms with van der Waals surface area (Å²) < 4.78 is 4.93. The van der Waals surface area contributed by atoms with Crippen molar-refractivity contribution >= 4 is 51.6 Å². The topological polar surface area (TPSA) is 78.9 Å². The quantitative estimate of drug-likeness (QED) is 0.319. The predicted octanol–water partition coefficient (Wildman–Crippen LogP) is 2.89. The van der Waals surface area contributed by atoms with Crippen molar-refractivity contribution < 1.29 is 9.53 Å². The van der Waals surface area contributed by atoms with E-state index >= 15 is 0 Å². The molecule has 0 aliphatic heterocycles. The summed E-state index contributed by atoms with van der Waals surface area (Å²) in [6, 6.07) is 5.90. The SMILES string of the molecule is COCCNC(=S)N/N=C\c1csc(N(C(C)=O)c2ccc(C)c(C)c2)n1. The van der Waals surface area contributed by atoms with E-state index in [1.165, 1.54) is 23.8 Å². The molecule has 2 rings (SSSR count). The van der Waals surface area contributed by atoms with E-state index in [0.29, 0.717) is 29.1 Å². The van der Waals surface area contributed by atoms with Crippen LogP contribution in [0.4, 0.5) is 10.8 Å². The number of ether oxygens (including phenoxy) is 1. The van der Waals surface area contributed by atoms with Crippen molar-refractivity contribution in [3.05, 3.63) is 40.4 Å². The van der Waals surface area contributed by atoms with Gasteiger partial charge in [0.1, 0.15) is 0 Å². The molecule has 144 valence electrons. The fourth-order valence-corrected chi connectivity index (χ4v) is 3.19. The molecule has 0 saturated heterocycles. The molecule has 7 nitrogen and oxygen atoms in total. The maximum absolute atomic E-state index is 12.2. The minimum absolute atomic E-state index is 0.0993. The van der Waals surface area contributed by atoms with Crippen LogP contribution in [-0.2, 0) is 9.53 Å². The fraction of sp³-hybridized carbons (Fsp3) is 0.333. The van der Waals surface area contributed by atoms with E-state index in [1.54, 1.807) is 18.2 Å². The average Bonchev–Trinajstić information content (AvgIpc) is 3.06. The molecule has 0 atom stereocenters. The summed E-state index contributed by atoms with van der Waals surface area (Å²) >= 11 is 6.46. The Labute approximate surface area is 168 Å². The lowest BCUT2D eigenvalue weighted by Crippen LogP contribution is -2.34. The van der Waals surface area contributed by atoms with Gasteiger partial charge < -0.3 is 10.1 Å². The largest absolute Gasteiger partial charge is 0.383 e. The van der Waals surface area contributed by atoms with Gasteiger partial charge in [0.05, 0.1) is 24.2 Å². The Morgan fingerprint density at radius 3 is 2.85 bits per heavy atom. The molecular weight excluding hydrogens is 382 g/mol. The maximum atomic E-state index is 12.2. The number of hydrogen-bond acceptors (Lipinski definition) is 6. The van der Waals surface area contributed by atoms with Crippen molar-refractivity contribution in [1.82, 2.24) is 15.7 Å². The number of thiocarbonyl (C=S) groups is 1. The second-order valence-electron chi connectivity index (χ2n) is 5.80. The third kappa shape index (κ3) is 6.09. The number of carbonyl (C=O) groups excluding carboxylic acids is 1. The van der Waals surface area contributed by atoms with Crippen molar-refractivity contribution in [2.24, 2.45) is 5.10 Å². The molecule has 0 radical (unpaired) electrons. The first-order valence-electron chi connectivity index (χ1n) is 8.31. The Morgan fingerprint density at radius 2 is 2.19 bits per heavy atom. The number of aromatic nitrogens is 1. The van der Waals surface area contributed by atoms with Crippen LogP contribution in [-0.4, -0.2) is 42.5 Å². The molecule has 0 aliphatic rings. The minimum atomic E-state index is -0.0993. The van der Waals surface area contributed by atoms with Gasteiger partial charge in [0.25, 0.3) is 0 Å². The summed E-state index contributed by atoms with van der Waals surface area (Å²) in [5.74, 6) is -0.0993. The van der Waals surface area contributed by atoms with Crippen molar-refractivity contribution in [2.45, 2.75) is 20.8 Å². The van der Waals surface area contributed by atoms with Gasteiger partial charge >= 0.3 is 0 Å². The Balaban J connectivity index is 2.07. The molecule has 0 saturated carbocycles. The van der Waals surface area contributed by atoms with Gasteiger partial charge in [-0.2, -0.15) is 5.10 Å². The van der Waals surface area contributed by atoms with Gasteiger partial charge in [-0.05, 0) is 49.3 Å². The number of hydrazone groups is 1. The number of methoxy groups -OCH3 is 1. The first-order chi connectivity index (χ1) is 12.9. The van der Waals surface area contributed by atoms with Crippen LogP contribution in [0.15, 0.2) is 28.7 Å². The smallest absolute Gasteiger partial charge is 0.230 e. The van der Waals surface area contributed by atoms with Crippen LogP contribution in [0, 0.1) is 13.8 Å². The molecular formula is C18H23N5O2S2. The highest BCUT2D eigenvalue weighted by atomic mass is 32.1. The summed E-state index contributed by atoms with van der Waals surface area (Å²) in [6.45, 7) is 6.74. The summed E-state index contributed by atoms with van der Waals surface area (Å²) in [5.41, 5.74) is 6.45. The number of thiazole rings is 1. The zero-order valence-electron chi connectivity index (χ0n) is 15.8. The van der Waals surface area contributed by atoms with Crippen molar-refractivity contribution in [2.75, 3.05) is 25.2 Å². The Hall–Kier alpha value is -2.36. The van der Waals surface area contributed by atoms with Crippen LogP contribution in [0.2, 0.25) is 0 Å². The molecule has 0 bridgehead atoms. The van der Waals surface area contributed by atoms with E-state index in [1.807, 2.05) is 37.4 Å². The molecule has 0 aliphatic carbocycles. The number of hydrogen-bond donors (Lipinski definition) is 2. The van der Waals surface area contributed by atoms with E-state index in [2.05, 4.69) is 20.8 Å². The standard InChI is InChI=1S/C18H23N5O2S2/c1-12-5-6-16(9-13(12)2)23(14(3)24)18-21-15(11-27-18)10-20-22-17(26)19-7-8-25-4/h5-6,9-11H,7-8H2,1-4H3,(H2,19,22,26)/b20-10-. The Kier molecular flexibility index (Phi) is 7.83. The van der Waals surface area contributed by atoms with Crippen LogP contribution in [0.5, 0.6) is 0 Å². The van der Waals surface area contributed by atoms with Crippen LogP contribution >= 0.6 is 23.6 Å². The maximum Gasteiger partial charge on any atom is 0.230 e. The summed E-state index contributed by atoms with van der Waals surface area (Å²) in [6.07, 6.45) is 1.56. The molecule has 0 fully saturated rings. The third-order valence-corrected chi connectivity index (χ3v) is 4.80. The first-order valence-corrected chi connectivity index (χ1v) is 9.60. The van der Waals surface area contributed by atoms with Gasteiger partial charge in [-0.15, -0.1) is 11.3 Å². The molecule has 0 unspecified atom stereocenters. The van der Waals surface area contributed by atoms with Crippen molar-refractivity contribution in [3.8, 4) is 0 Å². The highest BCUT2D eigenvalue weighted by molar-refractivity contribution is 7.80. The van der Waals surface area contributed by atoms with E-state index < -0.39 is 0 Å². The lowest BCUT2D eigenvalue weighted by atomic mass is 10.1. The number of carbonyl (C=O) groups is 1. The molecule has 9 heteroatoms. The van der Waals surface area contributed by atoms with Crippen LogP contribution in [0.1, 0.15) is 23.7 Å². The third-order valence-electron chi connectivity index (χ3n) is 3.72. The van der Waals surface area contributed by atoms with Gasteiger partial charge in [-0.3, -0.25) is 15.1 Å². The lowest BCUT2D eigenvalue weighted by molar-refractivity contribution is -0.115. The van der Waals surface area contributed by atoms with Gasteiger partial charge in [-0.1, -0.05) is 6.07 Å². The average molecular weight is 406 g/mol. The zero-order chi connectivity index (χ0) is 19.8. The van der Waals surface area contributed by atoms with E-state index in [-0.39, 0.29) is 5.91 Å². The summed E-state index contributed by atoms with van der Waals surface area (Å²) in [5, 5.41) is 9.83. The first kappa shape index (κ1) is 20.9. The number of nitrogens with one attached hydrogen (secondary N) is 2. The van der Waals surface area contributed by atoms with E-state index in [9.17, 15) is 4.79 Å². The molecule has 1 aromatic carbocycles. The number of benzene rings is 1. The van der Waals surface area contributed by atoms with Gasteiger partial charge in [0.2, 0.25) is 5.91 Å². The van der Waals surface area contributed by atoms with Crippen LogP contribution in [0.25, 0.3) is 0 Å². The summed E-state index contributed by atoms with van der Waals surface area (Å²) in [7, 11) is 1.62. The van der Waals surface area contributed by atoms with Crippen LogP contribution in [0.3, 0.4) is 0 Å². The van der Waals surface area contributed by atoms with Crippen molar-refractivity contribution in [1.29, 1.82) is 0 Å². The molecule has 1 heterocycles. The molecule has 27 heavy (non-hydrogen) atoms. The summed E-state index contributed by atoms with van der Waals surface area (Å²) in [4.78, 5) is 18.3. The highest BCUT2D eigenvalue weighted by Gasteiger charge is 2.18. The van der Waals surface area contributed by atoms with Gasteiger partial charge in [-0.25, -0.2) is 4.98 Å². The molecule has 2 aromatic rings.